The minimum absolute atomic E-state index is 0.899. The van der Waals surface area contributed by atoms with Gasteiger partial charge >= 0.3 is 0 Å². The molecule has 2 nitrogen and oxygen atoms in total. The standard InChI is InChI=1S/C22H20N2/c1-23-14-15-24(17-23)22-9-5-8-21(16-22)20-12-10-19(11-13-20)18-6-3-2-4-7-18/h2-16H,17H2,1H3. The van der Waals surface area contributed by atoms with Gasteiger partial charge in [-0.05, 0) is 34.4 Å². The molecule has 2 heteroatoms. The predicted octanol–water partition coefficient (Wildman–Crippen LogP) is 5.20. The molecule has 24 heavy (non-hydrogen) atoms. The summed E-state index contributed by atoms with van der Waals surface area (Å²) in [6, 6.07) is 28.0. The molecule has 0 unspecified atom stereocenters. The van der Waals surface area contributed by atoms with Gasteiger partial charge < -0.3 is 9.80 Å². The summed E-state index contributed by atoms with van der Waals surface area (Å²) in [5.74, 6) is 0. The predicted molar refractivity (Wildman–Crippen MR) is 102 cm³/mol. The number of hydrogen-bond donors (Lipinski definition) is 0. The molecule has 0 atom stereocenters. The van der Waals surface area contributed by atoms with Gasteiger partial charge in [0.25, 0.3) is 0 Å². The molecule has 0 saturated carbocycles. The zero-order valence-electron chi connectivity index (χ0n) is 13.8. The van der Waals surface area contributed by atoms with Crippen LogP contribution in [0, 0.1) is 0 Å². The van der Waals surface area contributed by atoms with Crippen molar-refractivity contribution in [1.29, 1.82) is 0 Å². The van der Waals surface area contributed by atoms with Crippen LogP contribution in [0.4, 0.5) is 5.69 Å². The van der Waals surface area contributed by atoms with Gasteiger partial charge in [0.05, 0.1) is 6.67 Å². The van der Waals surface area contributed by atoms with Gasteiger partial charge in [0.15, 0.2) is 0 Å². The van der Waals surface area contributed by atoms with Crippen LogP contribution in [0.1, 0.15) is 0 Å². The van der Waals surface area contributed by atoms with Crippen LogP contribution in [0.25, 0.3) is 22.3 Å². The first-order valence-corrected chi connectivity index (χ1v) is 8.21. The van der Waals surface area contributed by atoms with Crippen molar-refractivity contribution in [3.05, 3.63) is 91.3 Å². The summed E-state index contributed by atoms with van der Waals surface area (Å²) in [7, 11) is 2.09. The fourth-order valence-corrected chi connectivity index (χ4v) is 3.05. The lowest BCUT2D eigenvalue weighted by molar-refractivity contribution is 0.496. The van der Waals surface area contributed by atoms with Crippen molar-refractivity contribution in [3.8, 4) is 22.3 Å². The number of anilines is 1. The molecule has 1 aliphatic rings. The molecule has 4 rings (SSSR count). The summed E-state index contributed by atoms with van der Waals surface area (Å²) in [6.07, 6.45) is 4.22. The SMILES string of the molecule is CN1C=CN(c2cccc(-c3ccc(-c4ccccc4)cc3)c2)C1. The second-order valence-electron chi connectivity index (χ2n) is 6.16. The lowest BCUT2D eigenvalue weighted by Gasteiger charge is -2.19. The normalized spacial score (nSPS) is 13.5. The fraction of sp³-hybridized carbons (Fsp3) is 0.0909. The van der Waals surface area contributed by atoms with Crippen molar-refractivity contribution in [2.75, 3.05) is 18.6 Å². The van der Waals surface area contributed by atoms with Gasteiger partial charge in [-0.1, -0.05) is 66.7 Å². The van der Waals surface area contributed by atoms with E-state index in [1.165, 1.54) is 27.9 Å². The molecule has 0 spiro atoms. The summed E-state index contributed by atoms with van der Waals surface area (Å²) in [6.45, 7) is 0.899. The molecule has 0 aromatic heterocycles. The summed E-state index contributed by atoms with van der Waals surface area (Å²) >= 11 is 0. The van der Waals surface area contributed by atoms with E-state index in [-0.39, 0.29) is 0 Å². The van der Waals surface area contributed by atoms with E-state index in [9.17, 15) is 0 Å². The lowest BCUT2D eigenvalue weighted by atomic mass is 10.00. The Bertz CT molecular complexity index is 851. The van der Waals surface area contributed by atoms with E-state index >= 15 is 0 Å². The van der Waals surface area contributed by atoms with Crippen LogP contribution in [0.15, 0.2) is 91.3 Å². The highest BCUT2D eigenvalue weighted by Crippen LogP contribution is 2.28. The Hall–Kier alpha value is -3.00. The highest BCUT2D eigenvalue weighted by molar-refractivity contribution is 5.73. The Morgan fingerprint density at radius 2 is 1.25 bits per heavy atom. The van der Waals surface area contributed by atoms with Gasteiger partial charge in [0, 0.05) is 25.1 Å². The highest BCUT2D eigenvalue weighted by atomic mass is 15.3. The molecule has 0 fully saturated rings. The van der Waals surface area contributed by atoms with Crippen molar-refractivity contribution >= 4 is 5.69 Å². The maximum Gasteiger partial charge on any atom is 0.0938 e. The van der Waals surface area contributed by atoms with Crippen molar-refractivity contribution in [1.82, 2.24) is 4.90 Å². The summed E-state index contributed by atoms with van der Waals surface area (Å²) in [5.41, 5.74) is 6.21. The van der Waals surface area contributed by atoms with Crippen LogP contribution in [0.3, 0.4) is 0 Å². The first-order valence-electron chi connectivity index (χ1n) is 8.21. The van der Waals surface area contributed by atoms with Crippen molar-refractivity contribution < 1.29 is 0 Å². The monoisotopic (exact) mass is 312 g/mol. The quantitative estimate of drug-likeness (QED) is 0.656. The van der Waals surface area contributed by atoms with Crippen molar-refractivity contribution in [2.45, 2.75) is 0 Å². The zero-order valence-corrected chi connectivity index (χ0v) is 13.8. The first kappa shape index (κ1) is 14.6. The molecule has 1 aliphatic heterocycles. The molecule has 0 amide bonds. The summed E-state index contributed by atoms with van der Waals surface area (Å²) < 4.78 is 0. The van der Waals surface area contributed by atoms with Crippen LogP contribution in [0.2, 0.25) is 0 Å². The molecule has 3 aromatic carbocycles. The van der Waals surface area contributed by atoms with Crippen LogP contribution in [-0.2, 0) is 0 Å². The number of nitrogens with zero attached hydrogens (tertiary/aromatic N) is 2. The van der Waals surface area contributed by atoms with Crippen molar-refractivity contribution in [2.24, 2.45) is 0 Å². The van der Waals surface area contributed by atoms with Gasteiger partial charge in [-0.2, -0.15) is 0 Å². The Labute approximate surface area is 143 Å². The molecular weight excluding hydrogens is 292 g/mol. The maximum atomic E-state index is 2.25. The second kappa shape index (κ2) is 6.25. The topological polar surface area (TPSA) is 6.48 Å². The van der Waals surface area contributed by atoms with E-state index in [4.69, 9.17) is 0 Å². The third kappa shape index (κ3) is 2.91. The van der Waals surface area contributed by atoms with Crippen LogP contribution < -0.4 is 4.90 Å². The zero-order chi connectivity index (χ0) is 16.4. The number of rotatable bonds is 3. The van der Waals surface area contributed by atoms with Crippen LogP contribution in [0.5, 0.6) is 0 Å². The largest absolute Gasteiger partial charge is 0.361 e. The fourth-order valence-electron chi connectivity index (χ4n) is 3.05. The molecule has 0 N–H and O–H groups in total. The van der Waals surface area contributed by atoms with Gasteiger partial charge in [-0.15, -0.1) is 0 Å². The van der Waals surface area contributed by atoms with E-state index in [1.54, 1.807) is 0 Å². The Kier molecular flexibility index (Phi) is 3.80. The van der Waals surface area contributed by atoms with Gasteiger partial charge in [-0.3, -0.25) is 0 Å². The minimum Gasteiger partial charge on any atom is -0.361 e. The molecule has 0 aliphatic carbocycles. The van der Waals surface area contributed by atoms with Crippen LogP contribution in [-0.4, -0.2) is 18.6 Å². The van der Waals surface area contributed by atoms with Gasteiger partial charge in [0.2, 0.25) is 0 Å². The maximum absolute atomic E-state index is 2.25. The molecule has 0 radical (unpaired) electrons. The Morgan fingerprint density at radius 1 is 0.625 bits per heavy atom. The third-order valence-electron chi connectivity index (χ3n) is 4.38. The average molecular weight is 312 g/mol. The van der Waals surface area contributed by atoms with E-state index in [2.05, 4.69) is 102 Å². The highest BCUT2D eigenvalue weighted by Gasteiger charge is 2.11. The van der Waals surface area contributed by atoms with E-state index < -0.39 is 0 Å². The molecular formula is C22H20N2. The Balaban J connectivity index is 1.61. The molecule has 0 saturated heterocycles. The molecule has 3 aromatic rings. The number of benzene rings is 3. The minimum atomic E-state index is 0.899. The second-order valence-corrected chi connectivity index (χ2v) is 6.16. The van der Waals surface area contributed by atoms with Gasteiger partial charge in [-0.25, -0.2) is 0 Å². The van der Waals surface area contributed by atoms with Gasteiger partial charge in [0.1, 0.15) is 0 Å². The molecule has 118 valence electrons. The Morgan fingerprint density at radius 3 is 1.92 bits per heavy atom. The smallest absolute Gasteiger partial charge is 0.0938 e. The number of hydrogen-bond acceptors (Lipinski definition) is 2. The molecule has 1 heterocycles. The summed E-state index contributed by atoms with van der Waals surface area (Å²) in [5, 5.41) is 0. The first-order chi connectivity index (χ1) is 11.8. The lowest BCUT2D eigenvalue weighted by Crippen LogP contribution is -2.21. The molecule has 0 bridgehead atoms. The van der Waals surface area contributed by atoms with E-state index in [0.717, 1.165) is 6.67 Å². The van der Waals surface area contributed by atoms with Crippen LogP contribution >= 0.6 is 0 Å². The summed E-state index contributed by atoms with van der Waals surface area (Å²) in [4.78, 5) is 4.42. The van der Waals surface area contributed by atoms with E-state index in [0.29, 0.717) is 0 Å². The van der Waals surface area contributed by atoms with Crippen molar-refractivity contribution in [3.63, 3.8) is 0 Å². The van der Waals surface area contributed by atoms with E-state index in [1.807, 2.05) is 6.07 Å². The average Bonchev–Trinajstić information content (AvgIpc) is 3.09. The third-order valence-corrected chi connectivity index (χ3v) is 4.38.